The summed E-state index contributed by atoms with van der Waals surface area (Å²) in [5.74, 6) is -0.373. The fourth-order valence-corrected chi connectivity index (χ4v) is 0.689. The van der Waals surface area contributed by atoms with Crippen molar-refractivity contribution in [2.24, 2.45) is 0 Å². The van der Waals surface area contributed by atoms with Crippen LogP contribution in [-0.4, -0.2) is 26.3 Å². The van der Waals surface area contributed by atoms with Gasteiger partial charge in [-0.2, -0.15) is 5.10 Å². The van der Waals surface area contributed by atoms with Gasteiger partial charge < -0.3 is 5.11 Å². The van der Waals surface area contributed by atoms with Crippen molar-refractivity contribution in [3.63, 3.8) is 0 Å². The quantitative estimate of drug-likeness (QED) is 0.695. The van der Waals surface area contributed by atoms with Gasteiger partial charge in [-0.1, -0.05) is 0 Å². The third kappa shape index (κ3) is 2.61. The first kappa shape index (κ1) is 8.58. The maximum Gasteiger partial charge on any atom is 0.303 e. The van der Waals surface area contributed by atoms with E-state index < -0.39 is 5.97 Å². The Morgan fingerprint density at radius 2 is 2.33 bits per heavy atom. The van der Waals surface area contributed by atoms with Crippen molar-refractivity contribution < 1.29 is 9.90 Å². The van der Waals surface area contributed by atoms with Crippen LogP contribution in [0.3, 0.4) is 0 Å². The molecule has 0 unspecified atom stereocenters. The smallest absolute Gasteiger partial charge is 0.303 e. The monoisotopic (exact) mass is 167 g/mol. The van der Waals surface area contributed by atoms with Crippen molar-refractivity contribution in [2.75, 3.05) is 0 Å². The van der Waals surface area contributed by atoms with Crippen LogP contribution < -0.4 is 0 Å². The van der Waals surface area contributed by atoms with Gasteiger partial charge in [-0.25, -0.2) is 4.98 Å². The van der Waals surface area contributed by atoms with Crippen molar-refractivity contribution in [1.82, 2.24) is 15.2 Å². The second-order valence-electron chi connectivity index (χ2n) is 2.41. The van der Waals surface area contributed by atoms with E-state index in [0.717, 1.165) is 5.69 Å². The Morgan fingerprint density at radius 3 is 2.83 bits per heavy atom. The summed E-state index contributed by atoms with van der Waals surface area (Å²) in [4.78, 5) is 14.1. The molecule has 0 radical (unpaired) electrons. The van der Waals surface area contributed by atoms with E-state index in [9.17, 15) is 4.79 Å². The van der Waals surface area contributed by atoms with E-state index in [-0.39, 0.29) is 6.42 Å². The Kier molecular flexibility index (Phi) is 2.68. The predicted molar refractivity (Wildman–Crippen MR) is 40.5 cm³/mol. The summed E-state index contributed by atoms with van der Waals surface area (Å²) in [5.41, 5.74) is 0.731. The first-order valence-corrected chi connectivity index (χ1v) is 3.55. The fraction of sp³-hybridized carbons (Fsp3) is 0.429. The molecule has 1 heterocycles. The van der Waals surface area contributed by atoms with Crippen LogP contribution in [0.5, 0.6) is 0 Å². The van der Waals surface area contributed by atoms with Gasteiger partial charge in [0.15, 0.2) is 5.82 Å². The third-order valence-corrected chi connectivity index (χ3v) is 1.29. The van der Waals surface area contributed by atoms with Crippen molar-refractivity contribution in [2.45, 2.75) is 19.8 Å². The minimum atomic E-state index is -0.848. The van der Waals surface area contributed by atoms with Crippen LogP contribution in [0.2, 0.25) is 0 Å². The summed E-state index contributed by atoms with van der Waals surface area (Å²) in [6.07, 6.45) is 1.96. The molecule has 0 spiro atoms. The zero-order chi connectivity index (χ0) is 8.97. The molecular weight excluding hydrogens is 158 g/mol. The second kappa shape index (κ2) is 3.75. The van der Waals surface area contributed by atoms with Gasteiger partial charge in [-0.3, -0.25) is 4.79 Å². The van der Waals surface area contributed by atoms with Crippen LogP contribution in [0.1, 0.15) is 17.9 Å². The zero-order valence-corrected chi connectivity index (χ0v) is 6.69. The van der Waals surface area contributed by atoms with Crippen LogP contribution >= 0.6 is 0 Å². The summed E-state index contributed by atoms with van der Waals surface area (Å²) in [6, 6.07) is 0. The first-order valence-electron chi connectivity index (χ1n) is 3.55. The molecule has 1 aromatic heterocycles. The molecule has 0 saturated heterocycles. The molecule has 0 amide bonds. The van der Waals surface area contributed by atoms with Crippen molar-refractivity contribution in [3.8, 4) is 0 Å². The van der Waals surface area contributed by atoms with Crippen molar-refractivity contribution >= 4 is 5.97 Å². The van der Waals surface area contributed by atoms with Crippen LogP contribution in [-0.2, 0) is 11.2 Å². The van der Waals surface area contributed by atoms with Gasteiger partial charge in [0, 0.05) is 6.42 Å². The number of carboxylic acids is 1. The number of hydrogen-bond donors (Lipinski definition) is 1. The summed E-state index contributed by atoms with van der Waals surface area (Å²) in [6.45, 7) is 1.78. The number of aromatic nitrogens is 3. The number of carbonyl (C=O) groups is 1. The number of aryl methyl sites for hydroxylation is 2. The lowest BCUT2D eigenvalue weighted by molar-refractivity contribution is -0.137. The average molecular weight is 167 g/mol. The van der Waals surface area contributed by atoms with Crippen LogP contribution in [0.15, 0.2) is 6.20 Å². The molecule has 0 aliphatic heterocycles. The maximum absolute atomic E-state index is 10.2. The van der Waals surface area contributed by atoms with E-state index in [1.54, 1.807) is 13.1 Å². The first-order chi connectivity index (χ1) is 5.68. The average Bonchev–Trinajstić information content (AvgIpc) is 2.03. The van der Waals surface area contributed by atoms with Crippen LogP contribution in [0.25, 0.3) is 0 Å². The molecule has 0 aromatic carbocycles. The Balaban J connectivity index is 2.53. The van der Waals surface area contributed by atoms with E-state index in [2.05, 4.69) is 15.2 Å². The lowest BCUT2D eigenvalue weighted by atomic mass is 10.3. The lowest BCUT2D eigenvalue weighted by Crippen LogP contribution is -2.03. The maximum atomic E-state index is 10.2. The Morgan fingerprint density at radius 1 is 1.58 bits per heavy atom. The third-order valence-electron chi connectivity index (χ3n) is 1.29. The van der Waals surface area contributed by atoms with Crippen molar-refractivity contribution in [3.05, 3.63) is 17.7 Å². The van der Waals surface area contributed by atoms with E-state index in [1.165, 1.54) is 0 Å². The van der Waals surface area contributed by atoms with Gasteiger partial charge >= 0.3 is 5.97 Å². The molecule has 5 heteroatoms. The minimum absolute atomic E-state index is 0.0464. The van der Waals surface area contributed by atoms with Gasteiger partial charge in [0.05, 0.1) is 18.3 Å². The molecule has 0 atom stereocenters. The Labute approximate surface area is 69.5 Å². The number of carboxylic acid groups (broad SMARTS) is 1. The second-order valence-corrected chi connectivity index (χ2v) is 2.41. The summed E-state index contributed by atoms with van der Waals surface area (Å²) in [7, 11) is 0. The van der Waals surface area contributed by atoms with Gasteiger partial charge in [0.1, 0.15) is 0 Å². The highest BCUT2D eigenvalue weighted by molar-refractivity contribution is 5.66. The van der Waals surface area contributed by atoms with Gasteiger partial charge in [-0.15, -0.1) is 5.10 Å². The molecular formula is C7H9N3O2. The number of hydrogen-bond acceptors (Lipinski definition) is 4. The summed E-state index contributed by atoms with van der Waals surface area (Å²) in [5, 5.41) is 15.8. The largest absolute Gasteiger partial charge is 0.481 e. The van der Waals surface area contributed by atoms with Crippen LogP contribution in [0.4, 0.5) is 0 Å². The molecule has 12 heavy (non-hydrogen) atoms. The van der Waals surface area contributed by atoms with Gasteiger partial charge in [0.25, 0.3) is 0 Å². The molecule has 1 rings (SSSR count). The lowest BCUT2D eigenvalue weighted by Gasteiger charge is -1.94. The normalized spacial score (nSPS) is 9.75. The minimum Gasteiger partial charge on any atom is -0.481 e. The highest BCUT2D eigenvalue weighted by Crippen LogP contribution is 1.94. The molecule has 5 nitrogen and oxygen atoms in total. The predicted octanol–water partition coefficient (Wildman–Crippen LogP) is 0.197. The highest BCUT2D eigenvalue weighted by atomic mass is 16.4. The topological polar surface area (TPSA) is 76.0 Å². The van der Waals surface area contributed by atoms with Gasteiger partial charge in [-0.05, 0) is 6.92 Å². The van der Waals surface area contributed by atoms with E-state index in [1.807, 2.05) is 0 Å². The standard InChI is InChI=1S/C7H9N3O2/c1-5-4-8-6(10-9-5)2-3-7(11)12/h4H,2-3H2,1H3,(H,11,12). The van der Waals surface area contributed by atoms with Crippen LogP contribution in [0, 0.1) is 6.92 Å². The van der Waals surface area contributed by atoms with E-state index >= 15 is 0 Å². The molecule has 0 fully saturated rings. The molecule has 1 N–H and O–H groups in total. The number of aliphatic carboxylic acids is 1. The highest BCUT2D eigenvalue weighted by Gasteiger charge is 2.01. The zero-order valence-electron chi connectivity index (χ0n) is 6.69. The molecule has 0 saturated carbocycles. The molecule has 0 aliphatic rings. The molecule has 64 valence electrons. The Bertz CT molecular complexity index is 270. The number of rotatable bonds is 3. The molecule has 0 bridgehead atoms. The molecule has 1 aromatic rings. The SMILES string of the molecule is Cc1cnc(CCC(=O)O)nn1. The van der Waals surface area contributed by atoms with E-state index in [0.29, 0.717) is 12.2 Å². The Hall–Kier alpha value is -1.52. The summed E-state index contributed by atoms with van der Waals surface area (Å²) < 4.78 is 0. The van der Waals surface area contributed by atoms with Crippen molar-refractivity contribution in [1.29, 1.82) is 0 Å². The fourth-order valence-electron chi connectivity index (χ4n) is 0.689. The van der Waals surface area contributed by atoms with E-state index in [4.69, 9.17) is 5.11 Å². The molecule has 0 aliphatic carbocycles. The van der Waals surface area contributed by atoms with Gasteiger partial charge in [0.2, 0.25) is 0 Å². The summed E-state index contributed by atoms with van der Waals surface area (Å²) >= 11 is 0. The number of nitrogens with zero attached hydrogens (tertiary/aromatic N) is 3.